The summed E-state index contributed by atoms with van der Waals surface area (Å²) >= 11 is 5.56. The summed E-state index contributed by atoms with van der Waals surface area (Å²) in [5.41, 5.74) is -1.04. The fraction of sp³-hybridized carbons (Fsp3) is 0.533. The largest absolute Gasteiger partial charge is 0.417 e. The monoisotopic (exact) mass is 335 g/mol. The second kappa shape index (κ2) is 6.46. The highest BCUT2D eigenvalue weighted by Gasteiger charge is 2.35. The number of amides is 1. The molecule has 0 aromatic heterocycles. The van der Waals surface area contributed by atoms with Gasteiger partial charge in [-0.3, -0.25) is 4.79 Å². The van der Waals surface area contributed by atoms with E-state index in [2.05, 4.69) is 0 Å². The molecule has 1 aromatic rings. The summed E-state index contributed by atoms with van der Waals surface area (Å²) in [6.45, 7) is 2.12. The number of carbonyl (C=O) groups is 1. The molecule has 1 aliphatic heterocycles. The number of aliphatic hydroxyl groups excluding tert-OH is 1. The molecule has 0 saturated carbocycles. The van der Waals surface area contributed by atoms with Crippen molar-refractivity contribution in [2.75, 3.05) is 6.54 Å². The van der Waals surface area contributed by atoms with Crippen LogP contribution in [0, 0.1) is 0 Å². The van der Waals surface area contributed by atoms with Crippen molar-refractivity contribution in [1.82, 2.24) is 4.90 Å². The fourth-order valence-electron chi connectivity index (χ4n) is 2.78. The van der Waals surface area contributed by atoms with Crippen LogP contribution >= 0.6 is 11.6 Å². The molecule has 0 aliphatic carbocycles. The van der Waals surface area contributed by atoms with Crippen molar-refractivity contribution in [1.29, 1.82) is 0 Å². The van der Waals surface area contributed by atoms with Gasteiger partial charge in [0.2, 0.25) is 0 Å². The van der Waals surface area contributed by atoms with Crippen LogP contribution in [0.5, 0.6) is 0 Å². The highest BCUT2D eigenvalue weighted by atomic mass is 35.5. The predicted octanol–water partition coefficient (Wildman–Crippen LogP) is 3.73. The van der Waals surface area contributed by atoms with Gasteiger partial charge in [-0.05, 0) is 44.4 Å². The van der Waals surface area contributed by atoms with E-state index in [4.69, 9.17) is 11.6 Å². The maximum atomic E-state index is 12.9. The molecule has 22 heavy (non-hydrogen) atoms. The molecule has 1 N–H and O–H groups in total. The second-order valence-corrected chi connectivity index (χ2v) is 5.98. The van der Waals surface area contributed by atoms with Gasteiger partial charge in [-0.15, -0.1) is 0 Å². The van der Waals surface area contributed by atoms with Gasteiger partial charge >= 0.3 is 6.18 Å². The Morgan fingerprint density at radius 3 is 2.77 bits per heavy atom. The number of alkyl halides is 3. The molecule has 0 unspecified atom stereocenters. The number of nitrogens with zero attached hydrogens (tertiary/aromatic N) is 1. The first-order valence-corrected chi connectivity index (χ1v) is 7.43. The Morgan fingerprint density at radius 2 is 2.18 bits per heavy atom. The summed E-state index contributed by atoms with van der Waals surface area (Å²) in [6, 6.07) is 3.05. The zero-order chi connectivity index (χ0) is 16.5. The number of benzene rings is 1. The summed E-state index contributed by atoms with van der Waals surface area (Å²) in [4.78, 5) is 14.0. The number of hydrogen-bond donors (Lipinski definition) is 1. The molecule has 3 nitrogen and oxygen atoms in total. The molecule has 1 heterocycles. The lowest BCUT2D eigenvalue weighted by molar-refractivity contribution is -0.137. The van der Waals surface area contributed by atoms with Gasteiger partial charge in [0.05, 0.1) is 16.7 Å². The summed E-state index contributed by atoms with van der Waals surface area (Å²) in [5.74, 6) is -0.453. The number of halogens is 4. The molecule has 1 saturated heterocycles. The molecule has 7 heteroatoms. The second-order valence-electron chi connectivity index (χ2n) is 5.57. The maximum absolute atomic E-state index is 12.9. The van der Waals surface area contributed by atoms with Crippen molar-refractivity contribution in [3.63, 3.8) is 0 Å². The average molecular weight is 336 g/mol. The van der Waals surface area contributed by atoms with Crippen molar-refractivity contribution < 1.29 is 23.1 Å². The average Bonchev–Trinajstić information content (AvgIpc) is 2.84. The lowest BCUT2D eigenvalue weighted by Gasteiger charge is -2.26. The number of carbonyl (C=O) groups excluding carboxylic acids is 1. The topological polar surface area (TPSA) is 40.5 Å². The van der Waals surface area contributed by atoms with Crippen LogP contribution in [0.1, 0.15) is 42.1 Å². The molecule has 122 valence electrons. The lowest BCUT2D eigenvalue weighted by Crippen LogP contribution is -2.37. The van der Waals surface area contributed by atoms with E-state index in [1.165, 1.54) is 11.0 Å². The van der Waals surface area contributed by atoms with Crippen LogP contribution in [0.2, 0.25) is 5.02 Å². The fourth-order valence-corrected chi connectivity index (χ4v) is 3.01. The molecular weight excluding hydrogens is 319 g/mol. The highest BCUT2D eigenvalue weighted by molar-refractivity contribution is 6.31. The van der Waals surface area contributed by atoms with Crippen LogP contribution in [0.15, 0.2) is 18.2 Å². The predicted molar refractivity (Wildman–Crippen MR) is 76.8 cm³/mol. The molecule has 1 fully saturated rings. The molecule has 1 aromatic carbocycles. The molecule has 0 radical (unpaired) electrons. The Labute approximate surface area is 131 Å². The van der Waals surface area contributed by atoms with E-state index in [0.717, 1.165) is 25.0 Å². The van der Waals surface area contributed by atoms with Crippen LogP contribution in [0.3, 0.4) is 0 Å². The Morgan fingerprint density at radius 1 is 1.50 bits per heavy atom. The van der Waals surface area contributed by atoms with Crippen LogP contribution in [0.4, 0.5) is 13.2 Å². The van der Waals surface area contributed by atoms with Crippen LogP contribution in [-0.4, -0.2) is 34.6 Å². The van der Waals surface area contributed by atoms with Gasteiger partial charge in [-0.2, -0.15) is 13.2 Å². The van der Waals surface area contributed by atoms with Crippen molar-refractivity contribution in [2.24, 2.45) is 0 Å². The van der Waals surface area contributed by atoms with E-state index in [1.807, 2.05) is 0 Å². The first-order chi connectivity index (χ1) is 10.2. The molecule has 0 spiro atoms. The molecule has 1 aliphatic rings. The van der Waals surface area contributed by atoms with Gasteiger partial charge in [0, 0.05) is 18.2 Å². The van der Waals surface area contributed by atoms with Crippen LogP contribution in [-0.2, 0) is 6.18 Å². The number of hydrogen-bond acceptors (Lipinski definition) is 2. The van der Waals surface area contributed by atoms with Crippen molar-refractivity contribution in [2.45, 2.75) is 44.5 Å². The smallest absolute Gasteiger partial charge is 0.393 e. The van der Waals surface area contributed by atoms with Gasteiger partial charge in [0.25, 0.3) is 5.91 Å². The molecular formula is C15H17ClF3NO2. The summed E-state index contributed by atoms with van der Waals surface area (Å²) < 4.78 is 38.6. The van der Waals surface area contributed by atoms with Gasteiger partial charge in [0.15, 0.2) is 0 Å². The molecule has 1 amide bonds. The summed E-state index contributed by atoms with van der Waals surface area (Å²) in [5, 5.41) is 9.04. The van der Waals surface area contributed by atoms with Crippen LogP contribution < -0.4 is 0 Å². The first kappa shape index (κ1) is 17.1. The van der Waals surface area contributed by atoms with Crippen LogP contribution in [0.25, 0.3) is 0 Å². The summed E-state index contributed by atoms with van der Waals surface area (Å²) in [7, 11) is 0. The number of rotatable bonds is 3. The van der Waals surface area contributed by atoms with E-state index in [1.54, 1.807) is 6.92 Å². The van der Waals surface area contributed by atoms with Crippen molar-refractivity contribution in [3.8, 4) is 0 Å². The SMILES string of the molecule is C[C@H](O)C[C@H]1CCCN1C(=O)c1ccc(Cl)c(C(F)(F)F)c1. The van der Waals surface area contributed by atoms with Crippen molar-refractivity contribution in [3.05, 3.63) is 34.3 Å². The third kappa shape index (κ3) is 3.73. The van der Waals surface area contributed by atoms with Gasteiger partial charge in [-0.1, -0.05) is 11.6 Å². The van der Waals surface area contributed by atoms with E-state index in [9.17, 15) is 23.1 Å². The Kier molecular flexibility index (Phi) is 5.02. The Balaban J connectivity index is 2.26. The minimum atomic E-state index is -4.60. The van der Waals surface area contributed by atoms with Gasteiger partial charge < -0.3 is 10.0 Å². The minimum Gasteiger partial charge on any atom is -0.393 e. The van der Waals surface area contributed by atoms with Gasteiger partial charge in [0.1, 0.15) is 0 Å². The molecule has 2 rings (SSSR count). The highest BCUT2D eigenvalue weighted by Crippen LogP contribution is 2.35. The molecule has 0 bridgehead atoms. The van der Waals surface area contributed by atoms with E-state index < -0.39 is 28.8 Å². The lowest BCUT2D eigenvalue weighted by atomic mass is 10.1. The Hall–Kier alpha value is -1.27. The Bertz CT molecular complexity index is 560. The minimum absolute atomic E-state index is 0.0331. The van der Waals surface area contributed by atoms with E-state index in [-0.39, 0.29) is 11.6 Å². The normalized spacial score (nSPS) is 20.3. The third-order valence-electron chi connectivity index (χ3n) is 3.77. The first-order valence-electron chi connectivity index (χ1n) is 7.06. The standard InChI is InChI=1S/C15H17ClF3NO2/c1-9(21)7-11-3-2-6-20(11)14(22)10-4-5-13(16)12(8-10)15(17,18)19/h4-5,8-9,11,21H,2-3,6-7H2,1H3/t9-,11+/m0/s1. The zero-order valence-electron chi connectivity index (χ0n) is 12.0. The zero-order valence-corrected chi connectivity index (χ0v) is 12.8. The maximum Gasteiger partial charge on any atom is 0.417 e. The molecule has 2 atom stereocenters. The number of aliphatic hydroxyl groups is 1. The third-order valence-corrected chi connectivity index (χ3v) is 4.10. The van der Waals surface area contributed by atoms with Crippen molar-refractivity contribution >= 4 is 17.5 Å². The van der Waals surface area contributed by atoms with E-state index in [0.29, 0.717) is 13.0 Å². The van der Waals surface area contributed by atoms with E-state index >= 15 is 0 Å². The number of likely N-dealkylation sites (tertiary alicyclic amines) is 1. The summed E-state index contributed by atoms with van der Waals surface area (Å²) in [6.07, 6.45) is -3.21. The van der Waals surface area contributed by atoms with Gasteiger partial charge in [-0.25, -0.2) is 0 Å². The quantitative estimate of drug-likeness (QED) is 0.914.